The Morgan fingerprint density at radius 1 is 1.17 bits per heavy atom. The number of nitrogens with one attached hydrogen (secondary N) is 2. The number of nitrogens with zero attached hydrogens (tertiary/aromatic N) is 3. The van der Waals surface area contributed by atoms with Gasteiger partial charge in [0.25, 0.3) is 0 Å². The van der Waals surface area contributed by atoms with Crippen molar-refractivity contribution in [3.63, 3.8) is 0 Å². The van der Waals surface area contributed by atoms with Gasteiger partial charge in [0, 0.05) is 32.2 Å². The van der Waals surface area contributed by atoms with Gasteiger partial charge in [-0.3, -0.25) is 4.99 Å². The molecule has 1 aromatic heterocycles. The van der Waals surface area contributed by atoms with E-state index in [0.29, 0.717) is 13.2 Å². The molecule has 160 valence electrons. The molecule has 0 aliphatic heterocycles. The zero-order valence-electron chi connectivity index (χ0n) is 17.6. The second-order valence-corrected chi connectivity index (χ2v) is 6.71. The molecule has 0 radical (unpaired) electrons. The van der Waals surface area contributed by atoms with E-state index in [4.69, 9.17) is 4.74 Å². The van der Waals surface area contributed by atoms with Gasteiger partial charge in [-0.25, -0.2) is 4.98 Å². The van der Waals surface area contributed by atoms with Gasteiger partial charge in [-0.05, 0) is 31.5 Å². The van der Waals surface area contributed by atoms with Gasteiger partial charge in [0.15, 0.2) is 5.96 Å². The second kappa shape index (κ2) is 12.2. The van der Waals surface area contributed by atoms with Crippen LogP contribution in [0.1, 0.15) is 17.8 Å². The Balaban J connectivity index is 0.00000320. The van der Waals surface area contributed by atoms with Crippen LogP contribution in [-0.4, -0.2) is 35.7 Å². The molecule has 0 unspecified atom stereocenters. The molecule has 0 saturated carbocycles. The molecular weight excluding hydrogens is 489 g/mol. The highest BCUT2D eigenvalue weighted by Crippen LogP contribution is 2.18. The number of guanidine groups is 1. The molecule has 3 rings (SSSR count). The predicted molar refractivity (Wildman–Crippen MR) is 135 cm³/mol. The third-order valence-electron chi connectivity index (χ3n) is 4.70. The number of aliphatic imine (C=N–C) groups is 1. The van der Waals surface area contributed by atoms with Crippen LogP contribution in [0.25, 0.3) is 11.0 Å². The molecule has 0 atom stereocenters. The average molecular weight is 519 g/mol. The zero-order chi connectivity index (χ0) is 20.5. The first-order valence-electron chi connectivity index (χ1n) is 9.91. The maximum Gasteiger partial charge on any atom is 0.191 e. The van der Waals surface area contributed by atoms with Gasteiger partial charge in [0.05, 0.1) is 11.0 Å². The first-order valence-corrected chi connectivity index (χ1v) is 9.91. The van der Waals surface area contributed by atoms with E-state index >= 15 is 0 Å². The molecule has 0 aliphatic carbocycles. The minimum Gasteiger partial charge on any atom is -0.489 e. The van der Waals surface area contributed by atoms with Crippen LogP contribution in [0.15, 0.2) is 66.2 Å². The lowest BCUT2D eigenvalue weighted by molar-refractivity contribution is 0.358. The molecule has 0 bridgehead atoms. The van der Waals surface area contributed by atoms with Gasteiger partial charge in [-0.1, -0.05) is 43.0 Å². The monoisotopic (exact) mass is 519 g/mol. The smallest absolute Gasteiger partial charge is 0.191 e. The lowest BCUT2D eigenvalue weighted by Crippen LogP contribution is -2.37. The lowest BCUT2D eigenvalue weighted by Gasteiger charge is -2.14. The Kier molecular flexibility index (Phi) is 9.66. The van der Waals surface area contributed by atoms with Crippen LogP contribution in [-0.2, 0) is 13.1 Å². The molecule has 0 spiro atoms. The first-order chi connectivity index (χ1) is 14.2. The molecule has 2 N–H and O–H groups in total. The van der Waals surface area contributed by atoms with Crippen LogP contribution >= 0.6 is 24.0 Å². The number of aryl methyl sites for hydroxylation is 2. The van der Waals surface area contributed by atoms with Crippen molar-refractivity contribution in [2.24, 2.45) is 4.99 Å². The van der Waals surface area contributed by atoms with E-state index in [1.807, 2.05) is 30.3 Å². The average Bonchev–Trinajstić information content (AvgIpc) is 3.07. The Labute approximate surface area is 195 Å². The lowest BCUT2D eigenvalue weighted by atomic mass is 10.2. The maximum absolute atomic E-state index is 5.71. The summed E-state index contributed by atoms with van der Waals surface area (Å²) in [4.78, 5) is 8.94. The van der Waals surface area contributed by atoms with E-state index in [0.717, 1.165) is 48.1 Å². The predicted octanol–water partition coefficient (Wildman–Crippen LogP) is 4.28. The third kappa shape index (κ3) is 6.22. The fourth-order valence-electron chi connectivity index (χ4n) is 3.26. The second-order valence-electron chi connectivity index (χ2n) is 6.71. The van der Waals surface area contributed by atoms with Gasteiger partial charge in [-0.2, -0.15) is 0 Å². The van der Waals surface area contributed by atoms with Gasteiger partial charge in [0.2, 0.25) is 0 Å². The van der Waals surface area contributed by atoms with Crippen molar-refractivity contribution in [1.29, 1.82) is 0 Å². The van der Waals surface area contributed by atoms with Crippen LogP contribution < -0.4 is 15.4 Å². The van der Waals surface area contributed by atoms with E-state index in [9.17, 15) is 0 Å². The van der Waals surface area contributed by atoms with Crippen molar-refractivity contribution in [2.45, 2.75) is 26.4 Å². The number of benzene rings is 2. The molecule has 0 amide bonds. The Morgan fingerprint density at radius 2 is 1.93 bits per heavy atom. The summed E-state index contributed by atoms with van der Waals surface area (Å²) < 4.78 is 7.98. The van der Waals surface area contributed by atoms with Gasteiger partial charge in [0.1, 0.15) is 18.2 Å². The molecule has 6 nitrogen and oxygen atoms in total. The summed E-state index contributed by atoms with van der Waals surface area (Å²) >= 11 is 0. The van der Waals surface area contributed by atoms with Crippen LogP contribution in [0.3, 0.4) is 0 Å². The van der Waals surface area contributed by atoms with Crippen molar-refractivity contribution < 1.29 is 4.74 Å². The summed E-state index contributed by atoms with van der Waals surface area (Å²) in [6, 6.07) is 16.2. The molecule has 2 aromatic carbocycles. The molecule has 30 heavy (non-hydrogen) atoms. The molecule has 3 aromatic rings. The van der Waals surface area contributed by atoms with Crippen LogP contribution in [0.5, 0.6) is 5.75 Å². The number of para-hydroxylation sites is 3. The summed E-state index contributed by atoms with van der Waals surface area (Å²) in [7, 11) is 1.78. The van der Waals surface area contributed by atoms with E-state index in [1.165, 1.54) is 5.52 Å². The third-order valence-corrected chi connectivity index (χ3v) is 4.70. The standard InChI is InChI=1S/C23H29N5O.HI/c1-4-16-29-22-13-8-5-10-19(22)17-26-23(24-3)25-14-9-15-28-18(2)27-20-11-6-7-12-21(20)28;/h4-8,10-13H,1,9,14-17H2,2-3H3,(H2,24,25,26);1H. The zero-order valence-corrected chi connectivity index (χ0v) is 19.9. The number of imidazole rings is 1. The first kappa shape index (κ1) is 23.7. The molecule has 0 aliphatic rings. The highest BCUT2D eigenvalue weighted by molar-refractivity contribution is 14.0. The van der Waals surface area contributed by atoms with Crippen molar-refractivity contribution in [2.75, 3.05) is 20.2 Å². The summed E-state index contributed by atoms with van der Waals surface area (Å²) in [6.07, 6.45) is 2.72. The SMILES string of the molecule is C=CCOc1ccccc1CNC(=NC)NCCCn1c(C)nc2ccccc21.I. The van der Waals surface area contributed by atoms with E-state index in [-0.39, 0.29) is 24.0 Å². The van der Waals surface area contributed by atoms with Gasteiger partial charge < -0.3 is 19.9 Å². The highest BCUT2D eigenvalue weighted by Gasteiger charge is 2.07. The summed E-state index contributed by atoms with van der Waals surface area (Å²) in [5, 5.41) is 6.73. The number of halogens is 1. The molecule has 1 heterocycles. The van der Waals surface area contributed by atoms with Crippen LogP contribution in [0.2, 0.25) is 0 Å². The fourth-order valence-corrected chi connectivity index (χ4v) is 3.26. The Bertz CT molecular complexity index is 983. The summed E-state index contributed by atoms with van der Waals surface area (Å²) in [6.45, 7) is 8.62. The normalized spacial score (nSPS) is 11.1. The van der Waals surface area contributed by atoms with Crippen molar-refractivity contribution in [3.05, 3.63) is 72.6 Å². The summed E-state index contributed by atoms with van der Waals surface area (Å²) in [5.74, 6) is 2.68. The number of fused-ring (bicyclic) bond motifs is 1. The molecular formula is C23H30IN5O. The minimum atomic E-state index is 0. The van der Waals surface area contributed by atoms with Crippen molar-refractivity contribution >= 4 is 41.0 Å². The largest absolute Gasteiger partial charge is 0.489 e. The van der Waals surface area contributed by atoms with Crippen molar-refractivity contribution in [3.8, 4) is 5.75 Å². The number of aromatic nitrogens is 2. The number of rotatable bonds is 9. The summed E-state index contributed by atoms with van der Waals surface area (Å²) in [5.41, 5.74) is 3.31. The van der Waals surface area contributed by atoms with Gasteiger partial charge in [-0.15, -0.1) is 24.0 Å². The number of hydrogen-bond donors (Lipinski definition) is 2. The quantitative estimate of drug-likeness (QED) is 0.146. The van der Waals surface area contributed by atoms with Crippen LogP contribution in [0.4, 0.5) is 0 Å². The highest BCUT2D eigenvalue weighted by atomic mass is 127. The molecule has 0 saturated heterocycles. The minimum absolute atomic E-state index is 0. The fraction of sp³-hybridized carbons (Fsp3) is 0.304. The Hall–Kier alpha value is -2.55. The Morgan fingerprint density at radius 3 is 2.73 bits per heavy atom. The maximum atomic E-state index is 5.71. The number of hydrogen-bond acceptors (Lipinski definition) is 3. The molecule has 0 fully saturated rings. The number of ether oxygens (including phenoxy) is 1. The van der Waals surface area contributed by atoms with Crippen LogP contribution in [0, 0.1) is 6.92 Å². The van der Waals surface area contributed by atoms with E-state index < -0.39 is 0 Å². The van der Waals surface area contributed by atoms with E-state index in [2.05, 4.69) is 56.9 Å². The topological polar surface area (TPSA) is 63.5 Å². The van der Waals surface area contributed by atoms with Crippen molar-refractivity contribution in [1.82, 2.24) is 20.2 Å². The molecule has 7 heteroatoms. The van der Waals surface area contributed by atoms with E-state index in [1.54, 1.807) is 13.1 Å². The van der Waals surface area contributed by atoms with Gasteiger partial charge >= 0.3 is 0 Å².